The molecule has 0 bridgehead atoms. The number of carbonyl (C=O) groups is 1. The van der Waals surface area contributed by atoms with Crippen molar-refractivity contribution in [3.8, 4) is 17.6 Å². The van der Waals surface area contributed by atoms with Crippen LogP contribution in [-0.4, -0.2) is 16.1 Å². The molecule has 0 aliphatic carbocycles. The largest absolute Gasteiger partial charge is 0.593 e. The average molecular weight is 321 g/mol. The van der Waals surface area contributed by atoms with E-state index in [1.54, 1.807) is 60.7 Å². The highest BCUT2D eigenvalue weighted by molar-refractivity contribution is 5.97. The first-order valence-corrected chi connectivity index (χ1v) is 7.25. The lowest BCUT2D eigenvalue weighted by Crippen LogP contribution is -2.23. The van der Waals surface area contributed by atoms with Gasteiger partial charge in [0.2, 0.25) is 0 Å². The van der Waals surface area contributed by atoms with Crippen LogP contribution in [0.1, 0.15) is 11.1 Å². The van der Waals surface area contributed by atoms with Gasteiger partial charge in [0, 0.05) is 18.7 Å². The third-order valence-electron chi connectivity index (χ3n) is 3.22. The number of phenols is 1. The Morgan fingerprint density at radius 2 is 1.83 bits per heavy atom. The number of hydrogen-bond acceptors (Lipinski definition) is 3. The molecular weight excluding hydrogens is 304 g/mol. The number of carbonyl (C=O) groups excluding carboxylic acids is 1. The van der Waals surface area contributed by atoms with Gasteiger partial charge in [0.25, 0.3) is 11.7 Å². The van der Waals surface area contributed by atoms with Crippen molar-refractivity contribution in [2.45, 2.75) is 6.54 Å². The highest BCUT2D eigenvalue weighted by Gasteiger charge is 2.07. The van der Waals surface area contributed by atoms with Crippen LogP contribution in [-0.2, 0) is 11.3 Å². The molecule has 0 saturated carbocycles. The zero-order valence-corrected chi connectivity index (χ0v) is 12.9. The van der Waals surface area contributed by atoms with Crippen LogP contribution >= 0.6 is 0 Å². The Hall–Kier alpha value is -3.52. The number of phenolic OH excluding ortho intramolecular Hbond substituents is 1. The van der Waals surface area contributed by atoms with Crippen LogP contribution in [0.15, 0.2) is 66.3 Å². The summed E-state index contributed by atoms with van der Waals surface area (Å²) in [7, 11) is 0. The van der Waals surface area contributed by atoms with E-state index in [2.05, 4.69) is 5.32 Å². The molecule has 0 aromatic heterocycles. The Morgan fingerprint density at radius 3 is 2.46 bits per heavy atom. The molecule has 0 atom stereocenters. The summed E-state index contributed by atoms with van der Waals surface area (Å²) in [5, 5.41) is 28.4. The number of nitrogens with zero attached hydrogens (tertiary/aromatic N) is 1. The number of nitriles is 1. The summed E-state index contributed by atoms with van der Waals surface area (Å²) in [5.74, 6) is 0.128. The molecule has 0 spiro atoms. The van der Waals surface area contributed by atoms with E-state index in [0.29, 0.717) is 12.3 Å². The van der Waals surface area contributed by atoms with Gasteiger partial charge in [0.1, 0.15) is 17.4 Å². The van der Waals surface area contributed by atoms with Gasteiger partial charge in [-0.25, -0.2) is 0 Å². The molecule has 5 nitrogen and oxygen atoms in total. The second-order valence-electron chi connectivity index (χ2n) is 5.02. The monoisotopic (exact) mass is 321 g/mol. The molecule has 0 radical (unpaired) electrons. The van der Waals surface area contributed by atoms with Crippen LogP contribution in [0.25, 0.3) is 6.08 Å². The van der Waals surface area contributed by atoms with Crippen LogP contribution < -0.4 is 5.32 Å². The third kappa shape index (κ3) is 5.04. The molecule has 0 unspecified atom stereocenters. The second kappa shape index (κ2) is 8.20. The zero-order valence-electron chi connectivity index (χ0n) is 12.9. The number of hydrogen-bond donors (Lipinski definition) is 2. The maximum atomic E-state index is 12.0. The van der Waals surface area contributed by atoms with Gasteiger partial charge in [-0.3, -0.25) is 4.79 Å². The predicted molar refractivity (Wildman–Crippen MR) is 92.2 cm³/mol. The zero-order chi connectivity index (χ0) is 17.4. The minimum absolute atomic E-state index is 0.00198. The maximum Gasteiger partial charge on any atom is 0.262 e. The van der Waals surface area contributed by atoms with Gasteiger partial charge >= 0.3 is 0 Å². The van der Waals surface area contributed by atoms with Gasteiger partial charge in [-0.05, 0) is 41.5 Å². The van der Waals surface area contributed by atoms with E-state index in [9.17, 15) is 9.90 Å². The van der Waals surface area contributed by atoms with E-state index in [0.717, 1.165) is 11.1 Å². The topological polar surface area (TPSA) is 96.0 Å². The molecule has 2 aromatic carbocycles. The SMILES string of the molecule is N#C/C(=C\C=C\c1ccc(O)cc1)C(=O)NCc1ccc([OH2+])cc1. The van der Waals surface area contributed by atoms with Gasteiger partial charge in [-0.15, -0.1) is 0 Å². The van der Waals surface area contributed by atoms with Gasteiger partial charge in [0.05, 0.1) is 0 Å². The maximum absolute atomic E-state index is 12.0. The summed E-state index contributed by atoms with van der Waals surface area (Å²) < 4.78 is 0. The Kier molecular flexibility index (Phi) is 5.76. The highest BCUT2D eigenvalue weighted by Crippen LogP contribution is 2.11. The van der Waals surface area contributed by atoms with Crippen molar-refractivity contribution in [3.05, 3.63) is 77.4 Å². The second-order valence-corrected chi connectivity index (χ2v) is 5.02. The molecule has 0 aliphatic heterocycles. The van der Waals surface area contributed by atoms with Crippen molar-refractivity contribution in [3.63, 3.8) is 0 Å². The molecule has 0 saturated heterocycles. The van der Waals surface area contributed by atoms with Gasteiger partial charge in [-0.2, -0.15) is 5.26 Å². The van der Waals surface area contributed by atoms with Gasteiger partial charge < -0.3 is 15.5 Å². The van der Waals surface area contributed by atoms with E-state index in [4.69, 9.17) is 10.4 Å². The Bertz CT molecular complexity index is 798. The lowest BCUT2D eigenvalue weighted by Gasteiger charge is -2.03. The Balaban J connectivity index is 1.96. The molecule has 0 fully saturated rings. The quantitative estimate of drug-likeness (QED) is 0.383. The lowest BCUT2D eigenvalue weighted by molar-refractivity contribution is -0.117. The third-order valence-corrected chi connectivity index (χ3v) is 3.22. The van der Waals surface area contributed by atoms with E-state index in [-0.39, 0.29) is 11.3 Å². The summed E-state index contributed by atoms with van der Waals surface area (Å²) in [5.41, 5.74) is 1.70. The first kappa shape index (κ1) is 16.8. The fourth-order valence-corrected chi connectivity index (χ4v) is 1.90. The number of nitrogens with one attached hydrogen (secondary N) is 1. The molecule has 120 valence electrons. The normalized spacial score (nSPS) is 11.2. The lowest BCUT2D eigenvalue weighted by atomic mass is 10.1. The van der Waals surface area contributed by atoms with Crippen molar-refractivity contribution in [1.82, 2.24) is 5.32 Å². The molecule has 0 aliphatic rings. The van der Waals surface area contributed by atoms with Crippen LogP contribution in [0.4, 0.5) is 0 Å². The summed E-state index contributed by atoms with van der Waals surface area (Å²) in [6.45, 7) is 0.291. The minimum atomic E-state index is -0.456. The van der Waals surface area contributed by atoms with Crippen molar-refractivity contribution in [2.24, 2.45) is 0 Å². The van der Waals surface area contributed by atoms with Crippen molar-refractivity contribution >= 4 is 12.0 Å². The standard InChI is InChI=1S/C19H16N2O3/c20-12-16(3-1-2-14-4-8-17(22)9-5-14)19(24)21-13-15-6-10-18(23)11-7-15/h1-11,22-23H,13H2,(H,21,24)/p+1/b2-1+,16-3+. The van der Waals surface area contributed by atoms with Crippen molar-refractivity contribution in [2.75, 3.05) is 0 Å². The summed E-state index contributed by atoms with van der Waals surface area (Å²) >= 11 is 0. The summed E-state index contributed by atoms with van der Waals surface area (Å²) in [6, 6.07) is 15.2. The molecule has 0 heterocycles. The fourth-order valence-electron chi connectivity index (χ4n) is 1.90. The fraction of sp³-hybridized carbons (Fsp3) is 0.0526. The molecule has 4 N–H and O–H groups in total. The van der Waals surface area contributed by atoms with Crippen LogP contribution in [0.2, 0.25) is 0 Å². The molecule has 1 amide bonds. The number of amides is 1. The molecule has 5 heteroatoms. The van der Waals surface area contributed by atoms with E-state index < -0.39 is 5.91 Å². The molecule has 2 aromatic rings. The summed E-state index contributed by atoms with van der Waals surface area (Å²) in [6.07, 6.45) is 4.78. The number of benzene rings is 2. The van der Waals surface area contributed by atoms with Crippen molar-refractivity contribution in [1.29, 1.82) is 5.26 Å². The Labute approximate surface area is 139 Å². The molecular formula is C19H17N2O3+. The summed E-state index contributed by atoms with van der Waals surface area (Å²) in [4.78, 5) is 12.0. The van der Waals surface area contributed by atoms with E-state index in [1.165, 1.54) is 6.08 Å². The highest BCUT2D eigenvalue weighted by atomic mass is 16.3. The Morgan fingerprint density at radius 1 is 1.17 bits per heavy atom. The number of rotatable bonds is 5. The van der Waals surface area contributed by atoms with E-state index in [1.807, 2.05) is 6.07 Å². The van der Waals surface area contributed by atoms with E-state index >= 15 is 0 Å². The molecule has 24 heavy (non-hydrogen) atoms. The van der Waals surface area contributed by atoms with Crippen LogP contribution in [0.5, 0.6) is 11.5 Å². The van der Waals surface area contributed by atoms with Gasteiger partial charge in [0.15, 0.2) is 0 Å². The first-order valence-electron chi connectivity index (χ1n) is 7.25. The minimum Gasteiger partial charge on any atom is -0.593 e. The van der Waals surface area contributed by atoms with Gasteiger partial charge in [-0.1, -0.05) is 24.3 Å². The van der Waals surface area contributed by atoms with Crippen LogP contribution in [0.3, 0.4) is 0 Å². The predicted octanol–water partition coefficient (Wildman–Crippen LogP) is 2.61. The number of aromatic hydroxyl groups is 1. The molecule has 2 rings (SSSR count). The van der Waals surface area contributed by atoms with Crippen LogP contribution in [0, 0.1) is 11.3 Å². The smallest absolute Gasteiger partial charge is 0.262 e. The average Bonchev–Trinajstić information content (AvgIpc) is 2.59. The van der Waals surface area contributed by atoms with Crippen molar-refractivity contribution < 1.29 is 15.0 Å². The number of allylic oxidation sites excluding steroid dienone is 2. The first-order chi connectivity index (χ1) is 11.6.